The van der Waals surface area contributed by atoms with Gasteiger partial charge in [-0.15, -0.1) is 0 Å². The standard InChI is InChI=1S/C16H19N3O2/c1-2-21-16(20)12-6-10-19(11-7-12)14-5-9-18-15-13(14)4-3-8-17-15/h3-5,8-9,12H,2,6-7,10-11H2,1H3. The quantitative estimate of drug-likeness (QED) is 0.811. The minimum absolute atomic E-state index is 0.0347. The molecule has 2 aromatic rings. The molecule has 1 aliphatic rings. The summed E-state index contributed by atoms with van der Waals surface area (Å²) in [6.07, 6.45) is 5.22. The van der Waals surface area contributed by atoms with Crippen molar-refractivity contribution in [3.8, 4) is 0 Å². The normalized spacial score (nSPS) is 16.1. The van der Waals surface area contributed by atoms with Crippen molar-refractivity contribution in [1.29, 1.82) is 0 Å². The molecule has 2 aromatic heterocycles. The lowest BCUT2D eigenvalue weighted by Crippen LogP contribution is -2.37. The number of aromatic nitrogens is 2. The van der Waals surface area contributed by atoms with E-state index in [1.807, 2.05) is 25.1 Å². The van der Waals surface area contributed by atoms with Crippen LogP contribution in [-0.2, 0) is 9.53 Å². The number of rotatable bonds is 3. The Morgan fingerprint density at radius 3 is 2.81 bits per heavy atom. The SMILES string of the molecule is CCOC(=O)C1CCN(c2ccnc3ncccc23)CC1. The minimum Gasteiger partial charge on any atom is -0.466 e. The molecular formula is C16H19N3O2. The Kier molecular flexibility index (Phi) is 3.99. The number of esters is 1. The third kappa shape index (κ3) is 2.82. The maximum Gasteiger partial charge on any atom is 0.309 e. The Morgan fingerprint density at radius 1 is 1.29 bits per heavy atom. The Bertz CT molecular complexity index is 631. The number of ether oxygens (including phenoxy) is 1. The summed E-state index contributed by atoms with van der Waals surface area (Å²) in [7, 11) is 0. The maximum atomic E-state index is 11.8. The molecule has 5 heteroatoms. The summed E-state index contributed by atoms with van der Waals surface area (Å²) in [6.45, 7) is 4.03. The van der Waals surface area contributed by atoms with E-state index >= 15 is 0 Å². The van der Waals surface area contributed by atoms with Gasteiger partial charge in [0.1, 0.15) is 0 Å². The molecule has 0 radical (unpaired) electrons. The molecule has 5 nitrogen and oxygen atoms in total. The Morgan fingerprint density at radius 2 is 2.05 bits per heavy atom. The van der Waals surface area contributed by atoms with Crippen molar-refractivity contribution >= 4 is 22.7 Å². The molecule has 1 aliphatic heterocycles. The highest BCUT2D eigenvalue weighted by Crippen LogP contribution is 2.28. The van der Waals surface area contributed by atoms with E-state index in [4.69, 9.17) is 4.74 Å². The van der Waals surface area contributed by atoms with Crippen molar-refractivity contribution in [1.82, 2.24) is 9.97 Å². The molecule has 0 saturated carbocycles. The number of carbonyl (C=O) groups excluding carboxylic acids is 1. The lowest BCUT2D eigenvalue weighted by Gasteiger charge is -2.33. The van der Waals surface area contributed by atoms with Gasteiger partial charge in [-0.3, -0.25) is 4.79 Å². The zero-order chi connectivity index (χ0) is 14.7. The van der Waals surface area contributed by atoms with Crippen LogP contribution in [0, 0.1) is 5.92 Å². The van der Waals surface area contributed by atoms with Crippen LogP contribution in [0.1, 0.15) is 19.8 Å². The van der Waals surface area contributed by atoms with Gasteiger partial charge < -0.3 is 9.64 Å². The number of pyridine rings is 2. The topological polar surface area (TPSA) is 55.3 Å². The van der Waals surface area contributed by atoms with E-state index in [2.05, 4.69) is 14.9 Å². The number of piperidine rings is 1. The molecule has 110 valence electrons. The van der Waals surface area contributed by atoms with Crippen molar-refractivity contribution in [2.75, 3.05) is 24.6 Å². The van der Waals surface area contributed by atoms with Crippen molar-refractivity contribution in [3.05, 3.63) is 30.6 Å². The molecule has 3 rings (SSSR count). The van der Waals surface area contributed by atoms with Gasteiger partial charge in [-0.25, -0.2) is 9.97 Å². The van der Waals surface area contributed by atoms with Gasteiger partial charge in [0, 0.05) is 36.6 Å². The molecule has 0 N–H and O–H groups in total. The molecule has 0 aromatic carbocycles. The number of hydrogen-bond acceptors (Lipinski definition) is 5. The van der Waals surface area contributed by atoms with Crippen molar-refractivity contribution in [3.63, 3.8) is 0 Å². The Hall–Kier alpha value is -2.17. The number of anilines is 1. The average Bonchev–Trinajstić information content (AvgIpc) is 2.55. The lowest BCUT2D eigenvalue weighted by atomic mass is 9.96. The molecule has 21 heavy (non-hydrogen) atoms. The van der Waals surface area contributed by atoms with Crippen LogP contribution >= 0.6 is 0 Å². The van der Waals surface area contributed by atoms with Crippen LogP contribution in [0.3, 0.4) is 0 Å². The minimum atomic E-state index is -0.0570. The molecule has 0 atom stereocenters. The second-order valence-electron chi connectivity index (χ2n) is 5.22. The first-order valence-electron chi connectivity index (χ1n) is 7.41. The van der Waals surface area contributed by atoms with Crippen LogP contribution < -0.4 is 4.90 Å². The van der Waals surface area contributed by atoms with Crippen LogP contribution in [0.5, 0.6) is 0 Å². The van der Waals surface area contributed by atoms with Gasteiger partial charge >= 0.3 is 5.97 Å². The predicted octanol–water partition coefficient (Wildman–Crippen LogP) is 2.41. The molecule has 0 spiro atoms. The van der Waals surface area contributed by atoms with Crippen LogP contribution in [0.2, 0.25) is 0 Å². The number of hydrogen-bond donors (Lipinski definition) is 0. The van der Waals surface area contributed by atoms with E-state index in [-0.39, 0.29) is 11.9 Å². The summed E-state index contributed by atoms with van der Waals surface area (Å²) in [5.41, 5.74) is 1.91. The number of nitrogens with zero attached hydrogens (tertiary/aromatic N) is 3. The van der Waals surface area contributed by atoms with E-state index in [9.17, 15) is 4.79 Å². The molecule has 0 bridgehead atoms. The first kappa shape index (κ1) is 13.8. The molecular weight excluding hydrogens is 266 g/mol. The first-order valence-corrected chi connectivity index (χ1v) is 7.41. The molecule has 0 unspecified atom stereocenters. The molecule has 0 aliphatic carbocycles. The van der Waals surface area contributed by atoms with Gasteiger partial charge in [-0.05, 0) is 38.0 Å². The van der Waals surface area contributed by atoms with E-state index in [0.29, 0.717) is 6.61 Å². The monoisotopic (exact) mass is 285 g/mol. The van der Waals surface area contributed by atoms with Gasteiger partial charge in [0.2, 0.25) is 0 Å². The lowest BCUT2D eigenvalue weighted by molar-refractivity contribution is -0.148. The predicted molar refractivity (Wildman–Crippen MR) is 81.1 cm³/mol. The van der Waals surface area contributed by atoms with Gasteiger partial charge in [0.15, 0.2) is 5.65 Å². The summed E-state index contributed by atoms with van der Waals surface area (Å²) in [4.78, 5) is 22.7. The van der Waals surface area contributed by atoms with Crippen LogP contribution in [0.4, 0.5) is 5.69 Å². The van der Waals surface area contributed by atoms with Crippen LogP contribution in [0.15, 0.2) is 30.6 Å². The summed E-state index contributed by atoms with van der Waals surface area (Å²) in [5.74, 6) is -0.0224. The van der Waals surface area contributed by atoms with Crippen molar-refractivity contribution < 1.29 is 9.53 Å². The number of fused-ring (bicyclic) bond motifs is 1. The summed E-state index contributed by atoms with van der Waals surface area (Å²) >= 11 is 0. The van der Waals surface area contributed by atoms with E-state index < -0.39 is 0 Å². The zero-order valence-corrected chi connectivity index (χ0v) is 12.2. The fourth-order valence-electron chi connectivity index (χ4n) is 2.86. The van der Waals surface area contributed by atoms with Crippen molar-refractivity contribution in [2.24, 2.45) is 5.92 Å². The average molecular weight is 285 g/mol. The summed E-state index contributed by atoms with van der Waals surface area (Å²) < 4.78 is 5.12. The third-order valence-corrected chi connectivity index (χ3v) is 3.95. The summed E-state index contributed by atoms with van der Waals surface area (Å²) in [6, 6.07) is 6.00. The maximum absolute atomic E-state index is 11.8. The molecule has 1 saturated heterocycles. The van der Waals surface area contributed by atoms with Gasteiger partial charge in [0.25, 0.3) is 0 Å². The molecule has 1 fully saturated rings. The van der Waals surface area contributed by atoms with E-state index in [0.717, 1.165) is 42.7 Å². The second-order valence-corrected chi connectivity index (χ2v) is 5.22. The molecule has 0 amide bonds. The highest BCUT2D eigenvalue weighted by molar-refractivity contribution is 5.89. The molecule has 3 heterocycles. The fraction of sp³-hybridized carbons (Fsp3) is 0.438. The number of carbonyl (C=O) groups is 1. The van der Waals surface area contributed by atoms with Gasteiger partial charge in [0.05, 0.1) is 12.5 Å². The second kappa shape index (κ2) is 6.08. The highest BCUT2D eigenvalue weighted by Gasteiger charge is 2.26. The smallest absolute Gasteiger partial charge is 0.309 e. The summed E-state index contributed by atoms with van der Waals surface area (Å²) in [5, 5.41) is 1.06. The van der Waals surface area contributed by atoms with E-state index in [1.54, 1.807) is 12.4 Å². The third-order valence-electron chi connectivity index (χ3n) is 3.95. The highest BCUT2D eigenvalue weighted by atomic mass is 16.5. The van der Waals surface area contributed by atoms with Crippen molar-refractivity contribution in [2.45, 2.75) is 19.8 Å². The Balaban J connectivity index is 1.76. The van der Waals surface area contributed by atoms with E-state index in [1.165, 1.54) is 0 Å². The largest absolute Gasteiger partial charge is 0.466 e. The van der Waals surface area contributed by atoms with Gasteiger partial charge in [-0.1, -0.05) is 0 Å². The Labute approximate surface area is 124 Å². The van der Waals surface area contributed by atoms with Crippen LogP contribution in [-0.4, -0.2) is 35.6 Å². The van der Waals surface area contributed by atoms with Crippen LogP contribution in [0.25, 0.3) is 11.0 Å². The zero-order valence-electron chi connectivity index (χ0n) is 12.2. The van der Waals surface area contributed by atoms with Gasteiger partial charge in [-0.2, -0.15) is 0 Å². The first-order chi connectivity index (χ1) is 10.3. The fourth-order valence-corrected chi connectivity index (χ4v) is 2.86.